The van der Waals surface area contributed by atoms with Crippen molar-refractivity contribution in [1.82, 2.24) is 15.3 Å². The van der Waals surface area contributed by atoms with Crippen molar-refractivity contribution in [1.29, 1.82) is 0 Å². The van der Waals surface area contributed by atoms with Crippen molar-refractivity contribution in [2.24, 2.45) is 4.99 Å². The third kappa shape index (κ3) is 13.3. The van der Waals surface area contributed by atoms with Gasteiger partial charge >= 0.3 is 6.03 Å². The Morgan fingerprint density at radius 1 is 1.09 bits per heavy atom. The van der Waals surface area contributed by atoms with Crippen LogP contribution < -0.4 is 25.8 Å². The second kappa shape index (κ2) is 18.5. The average Bonchev–Trinajstić information content (AvgIpc) is 2.80. The Hall–Kier alpha value is -2.11. The van der Waals surface area contributed by atoms with Crippen LogP contribution in [0.2, 0.25) is 0 Å². The van der Waals surface area contributed by atoms with Gasteiger partial charge in [-0.25, -0.2) is 14.6 Å². The fourth-order valence-electron chi connectivity index (χ4n) is 1.63. The Kier molecular flexibility index (Phi) is 17.2. The van der Waals surface area contributed by atoms with Crippen LogP contribution in [0.3, 0.4) is 0 Å². The molecule has 32 heavy (non-hydrogen) atoms. The molecule has 0 bridgehead atoms. The van der Waals surface area contributed by atoms with E-state index in [0.717, 1.165) is 8.95 Å². The van der Waals surface area contributed by atoms with Crippen molar-refractivity contribution in [3.05, 3.63) is 33.2 Å². The van der Waals surface area contributed by atoms with Crippen molar-refractivity contribution in [3.8, 4) is 11.8 Å². The molecule has 0 atom stereocenters. The molecule has 0 radical (unpaired) electrons. The van der Waals surface area contributed by atoms with E-state index in [1.165, 1.54) is 13.2 Å². The number of carbonyl (C=O) groups excluding carboxylic acids is 2. The molecule has 14 heteroatoms. The second-order valence-electron chi connectivity index (χ2n) is 5.15. The number of halogens is 4. The van der Waals surface area contributed by atoms with Crippen molar-refractivity contribution >= 4 is 78.8 Å². The van der Waals surface area contributed by atoms with Gasteiger partial charge < -0.3 is 20.5 Å². The number of ether oxygens (including phenoxy) is 2. The van der Waals surface area contributed by atoms with Crippen LogP contribution in [-0.4, -0.2) is 61.1 Å². The van der Waals surface area contributed by atoms with Gasteiger partial charge in [-0.3, -0.25) is 5.32 Å². The number of carbonyl (C=O) groups is 1. The highest BCUT2D eigenvalue weighted by Crippen LogP contribution is 2.24. The zero-order chi connectivity index (χ0) is 24.4. The highest BCUT2D eigenvalue weighted by atomic mass is 79.9. The van der Waals surface area contributed by atoms with Gasteiger partial charge in [0.1, 0.15) is 11.6 Å². The number of amides is 2. The highest BCUT2D eigenvalue weighted by Gasteiger charge is 2.06. The van der Waals surface area contributed by atoms with E-state index in [-0.39, 0.29) is 6.03 Å². The number of isocyanates is 1. The van der Waals surface area contributed by atoms with Gasteiger partial charge in [0.2, 0.25) is 17.8 Å². The molecule has 0 aliphatic heterocycles. The summed E-state index contributed by atoms with van der Waals surface area (Å²) in [7, 11) is 3.05. The number of hydrogen-bond donors (Lipinski definition) is 3. The van der Waals surface area contributed by atoms with Crippen LogP contribution in [0.4, 0.5) is 16.4 Å². The highest BCUT2D eigenvalue weighted by molar-refractivity contribution is 9.10. The van der Waals surface area contributed by atoms with E-state index in [1.807, 2.05) is 0 Å². The summed E-state index contributed by atoms with van der Waals surface area (Å²) in [6, 6.07) is 6.54. The SMILES string of the molecule is COc1nc(N)ccc1Br.COc1nc(NC(=O)NCCCl)ccc1Br.O=C=NCCCl. The number of methoxy groups -OCH3 is 2. The topological polar surface area (TPSA) is 141 Å². The molecule has 0 fully saturated rings. The maximum Gasteiger partial charge on any atom is 0.320 e. The van der Waals surface area contributed by atoms with Crippen LogP contribution in [-0.2, 0) is 4.79 Å². The van der Waals surface area contributed by atoms with Gasteiger partial charge in [-0.05, 0) is 56.1 Å². The molecule has 2 amide bonds. The summed E-state index contributed by atoms with van der Waals surface area (Å²) < 4.78 is 11.4. The van der Waals surface area contributed by atoms with Crippen LogP contribution in [0, 0.1) is 0 Å². The van der Waals surface area contributed by atoms with Crippen molar-refractivity contribution < 1.29 is 19.1 Å². The number of nitrogens with two attached hydrogens (primary N) is 1. The van der Waals surface area contributed by atoms with Gasteiger partial charge in [-0.1, -0.05) is 0 Å². The Morgan fingerprint density at radius 2 is 1.69 bits per heavy atom. The van der Waals surface area contributed by atoms with Gasteiger partial charge in [0, 0.05) is 18.3 Å². The van der Waals surface area contributed by atoms with Crippen LogP contribution in [0.15, 0.2) is 38.2 Å². The molecule has 0 spiro atoms. The lowest BCUT2D eigenvalue weighted by atomic mass is 10.4. The van der Waals surface area contributed by atoms with E-state index < -0.39 is 0 Å². The summed E-state index contributed by atoms with van der Waals surface area (Å²) in [5, 5.41) is 5.12. The van der Waals surface area contributed by atoms with Crippen LogP contribution in [0.25, 0.3) is 0 Å². The minimum atomic E-state index is -0.350. The standard InChI is InChI=1S/C9H11BrClN3O2.C6H7BrN2O.C3H4ClNO/c1-16-8-6(10)2-3-7(13-8)14-9(15)12-5-4-11;1-10-6-4(7)2-3-5(8)9-6;4-1-2-5-3-6/h2-3H,4-5H2,1H3,(H2,12,13,14,15);2-3H,1H3,(H2,8,9);1-2H2. The molecule has 0 unspecified atom stereocenters. The van der Waals surface area contributed by atoms with Crippen LogP contribution in [0.5, 0.6) is 11.8 Å². The van der Waals surface area contributed by atoms with E-state index in [1.54, 1.807) is 31.4 Å². The van der Waals surface area contributed by atoms with E-state index in [2.05, 4.69) is 57.5 Å². The fourth-order valence-corrected chi connectivity index (χ4v) is 2.57. The number of nitrogens with zero attached hydrogens (tertiary/aromatic N) is 3. The lowest BCUT2D eigenvalue weighted by Crippen LogP contribution is -2.30. The number of pyridine rings is 2. The minimum absolute atomic E-state index is 0.350. The number of aliphatic imine (C=N–C) groups is 1. The number of aromatic nitrogens is 2. The third-order valence-corrected chi connectivity index (χ3v) is 4.48. The molecule has 10 nitrogen and oxygen atoms in total. The Labute approximate surface area is 212 Å². The summed E-state index contributed by atoms with van der Waals surface area (Å²) in [5.74, 6) is 2.56. The van der Waals surface area contributed by atoms with Crippen LogP contribution >= 0.6 is 55.1 Å². The molecule has 0 saturated carbocycles. The predicted molar refractivity (Wildman–Crippen MR) is 133 cm³/mol. The average molecular weight is 617 g/mol. The maximum absolute atomic E-state index is 11.3. The second-order valence-corrected chi connectivity index (χ2v) is 7.61. The molecule has 0 saturated heterocycles. The molecular formula is C18H22Br2Cl2N6O4. The van der Waals surface area contributed by atoms with Crippen LogP contribution in [0.1, 0.15) is 0 Å². The normalized spacial score (nSPS) is 9.06. The molecule has 4 N–H and O–H groups in total. The molecule has 0 aromatic carbocycles. The van der Waals surface area contributed by atoms with Gasteiger partial charge in [0.25, 0.3) is 0 Å². The number of alkyl halides is 2. The lowest BCUT2D eigenvalue weighted by molar-refractivity contribution is 0.252. The summed E-state index contributed by atoms with van der Waals surface area (Å²) in [6.07, 6.45) is 1.36. The summed E-state index contributed by atoms with van der Waals surface area (Å²) in [6.45, 7) is 0.784. The number of urea groups is 1. The Morgan fingerprint density at radius 3 is 2.16 bits per heavy atom. The number of nitrogens with one attached hydrogen (secondary N) is 2. The van der Waals surface area contributed by atoms with Crippen molar-refractivity contribution in [2.75, 3.05) is 50.1 Å². The van der Waals surface area contributed by atoms with Gasteiger partial charge in [0.05, 0.1) is 29.7 Å². The summed E-state index contributed by atoms with van der Waals surface area (Å²) in [5.41, 5.74) is 5.39. The lowest BCUT2D eigenvalue weighted by Gasteiger charge is -2.07. The number of nitrogen functional groups attached to an aromatic ring is 1. The molecule has 2 heterocycles. The van der Waals surface area contributed by atoms with Gasteiger partial charge in [0.15, 0.2) is 0 Å². The first-order valence-corrected chi connectivity index (χ1v) is 11.3. The van der Waals surface area contributed by atoms with E-state index in [4.69, 9.17) is 38.4 Å². The first kappa shape index (κ1) is 29.9. The van der Waals surface area contributed by atoms with E-state index >= 15 is 0 Å². The number of rotatable bonds is 7. The van der Waals surface area contributed by atoms with Gasteiger partial charge in [-0.15, -0.1) is 23.2 Å². The zero-order valence-electron chi connectivity index (χ0n) is 17.2. The van der Waals surface area contributed by atoms with Crippen molar-refractivity contribution in [3.63, 3.8) is 0 Å². The smallest absolute Gasteiger partial charge is 0.320 e. The fraction of sp³-hybridized carbons (Fsp3) is 0.333. The molecule has 0 aliphatic carbocycles. The quantitative estimate of drug-likeness (QED) is 0.240. The largest absolute Gasteiger partial charge is 0.480 e. The molecule has 2 rings (SSSR count). The number of hydrogen-bond acceptors (Lipinski definition) is 8. The first-order valence-electron chi connectivity index (χ1n) is 8.69. The maximum atomic E-state index is 11.3. The Balaban J connectivity index is 0.000000511. The molecule has 2 aromatic rings. The predicted octanol–water partition coefficient (Wildman–Crippen LogP) is 4.21. The van der Waals surface area contributed by atoms with Crippen molar-refractivity contribution in [2.45, 2.75) is 0 Å². The minimum Gasteiger partial charge on any atom is -0.480 e. The summed E-state index contributed by atoms with van der Waals surface area (Å²) in [4.78, 5) is 31.6. The molecule has 176 valence electrons. The third-order valence-electron chi connectivity index (χ3n) is 2.92. The molecular weight excluding hydrogens is 595 g/mol. The van der Waals surface area contributed by atoms with E-state index in [9.17, 15) is 9.59 Å². The Bertz CT molecular complexity index is 889. The van der Waals surface area contributed by atoms with Gasteiger partial charge in [-0.2, -0.15) is 9.97 Å². The number of anilines is 2. The first-order chi connectivity index (χ1) is 15.3. The zero-order valence-corrected chi connectivity index (χ0v) is 21.9. The molecule has 2 aromatic heterocycles. The molecule has 0 aliphatic rings. The summed E-state index contributed by atoms with van der Waals surface area (Å²) >= 11 is 17.1. The van der Waals surface area contributed by atoms with E-state index in [0.29, 0.717) is 48.2 Å². The monoisotopic (exact) mass is 614 g/mol.